The van der Waals surface area contributed by atoms with Crippen molar-refractivity contribution < 1.29 is 9.90 Å². The fourth-order valence-electron chi connectivity index (χ4n) is 7.07. The number of carbonyl (C=O) groups is 1. The molecule has 3 aromatic rings. The van der Waals surface area contributed by atoms with Gasteiger partial charge in [0.15, 0.2) is 0 Å². The number of anilines is 1. The lowest BCUT2D eigenvalue weighted by Crippen LogP contribution is -2.57. The van der Waals surface area contributed by atoms with Crippen LogP contribution in [0.5, 0.6) is 0 Å². The fraction of sp³-hybridized carbons (Fsp3) is 0.486. The molecule has 246 valence electrons. The maximum atomic E-state index is 12.2. The number of likely N-dealkylation sites (tertiary alicyclic amines) is 2. The van der Waals surface area contributed by atoms with Crippen molar-refractivity contribution in [2.45, 2.75) is 83.6 Å². The van der Waals surface area contributed by atoms with E-state index in [1.807, 2.05) is 13.8 Å². The van der Waals surface area contributed by atoms with Gasteiger partial charge in [0.25, 0.3) is 0 Å². The van der Waals surface area contributed by atoms with Gasteiger partial charge in [-0.1, -0.05) is 49.0 Å². The number of amides is 1. The van der Waals surface area contributed by atoms with Gasteiger partial charge in [0.05, 0.1) is 17.4 Å². The largest absolute Gasteiger partial charge is 0.396 e. The van der Waals surface area contributed by atoms with E-state index in [-0.39, 0.29) is 24.5 Å². The lowest BCUT2D eigenvalue weighted by atomic mass is 9.85. The molecule has 0 spiro atoms. The number of hydrogen-bond donors (Lipinski definition) is 3. The molecule has 1 amide bonds. The van der Waals surface area contributed by atoms with Crippen molar-refractivity contribution in [3.8, 4) is 0 Å². The predicted molar refractivity (Wildman–Crippen MR) is 185 cm³/mol. The Kier molecular flexibility index (Phi) is 11.1. The third-order valence-electron chi connectivity index (χ3n) is 10.1. The van der Waals surface area contributed by atoms with Crippen LogP contribution in [-0.2, 0) is 17.9 Å². The van der Waals surface area contributed by atoms with Crippen molar-refractivity contribution in [3.05, 3.63) is 95.6 Å². The lowest BCUT2D eigenvalue weighted by Gasteiger charge is -2.51. The van der Waals surface area contributed by atoms with E-state index in [0.717, 1.165) is 86.6 Å². The molecule has 0 saturated carbocycles. The Hall–Kier alpha value is -3.79. The fourth-order valence-corrected chi connectivity index (χ4v) is 7.07. The zero-order valence-corrected chi connectivity index (χ0v) is 27.8. The van der Waals surface area contributed by atoms with Gasteiger partial charge in [-0.2, -0.15) is 0 Å². The normalized spacial score (nSPS) is 17.8. The SMILES string of the molecule is C=C(c1c(C)ncnc1C)N1CCC(C)(N2CCC(N(Cc3ccccc3)c3ccc(CNC(=O)C(N)CCO)cc3)CC2)CC1. The number of nitrogens with two attached hydrogens (primary N) is 1. The van der Waals surface area contributed by atoms with Crippen molar-refractivity contribution in [2.24, 2.45) is 5.73 Å². The van der Waals surface area contributed by atoms with Crippen LogP contribution in [0.4, 0.5) is 5.69 Å². The van der Waals surface area contributed by atoms with Crippen molar-refractivity contribution >= 4 is 17.3 Å². The van der Waals surface area contributed by atoms with Crippen molar-refractivity contribution in [2.75, 3.05) is 37.7 Å². The smallest absolute Gasteiger partial charge is 0.237 e. The van der Waals surface area contributed by atoms with E-state index in [1.54, 1.807) is 6.33 Å². The molecule has 2 fully saturated rings. The summed E-state index contributed by atoms with van der Waals surface area (Å²) in [4.78, 5) is 28.8. The molecule has 4 N–H and O–H groups in total. The van der Waals surface area contributed by atoms with Gasteiger partial charge in [0, 0.05) is 74.4 Å². The standard InChI is InChI=1S/C37H51N7O2/c1-27-35(28(2)41-26-40-27)29(3)42-21-17-37(4,18-22-42)43-19-14-33(15-20-43)44(25-31-8-6-5-7-9-31)32-12-10-30(11-13-32)24-39-36(46)34(38)16-23-45/h5-13,26,33-34,45H,3,14-25,38H2,1-2,4H3,(H,39,46). The summed E-state index contributed by atoms with van der Waals surface area (Å²) in [6.45, 7) is 16.3. The molecular weight excluding hydrogens is 574 g/mol. The van der Waals surface area contributed by atoms with E-state index in [4.69, 9.17) is 10.8 Å². The third kappa shape index (κ3) is 7.94. The lowest BCUT2D eigenvalue weighted by molar-refractivity contribution is -0.122. The molecule has 1 aromatic heterocycles. The topological polar surface area (TPSA) is 111 Å². The quantitative estimate of drug-likeness (QED) is 0.272. The summed E-state index contributed by atoms with van der Waals surface area (Å²) in [5, 5.41) is 12.0. The minimum atomic E-state index is -0.691. The van der Waals surface area contributed by atoms with Gasteiger partial charge < -0.3 is 26.0 Å². The number of nitrogens with one attached hydrogen (secondary N) is 1. The van der Waals surface area contributed by atoms with Gasteiger partial charge in [0.1, 0.15) is 6.33 Å². The van der Waals surface area contributed by atoms with Crippen LogP contribution in [0.25, 0.3) is 5.70 Å². The Morgan fingerprint density at radius 1 is 1.02 bits per heavy atom. The monoisotopic (exact) mass is 625 g/mol. The molecule has 0 aliphatic carbocycles. The number of benzene rings is 2. The first-order valence-electron chi connectivity index (χ1n) is 16.7. The Morgan fingerprint density at radius 3 is 2.26 bits per heavy atom. The van der Waals surface area contributed by atoms with E-state index in [2.05, 4.69) is 98.1 Å². The Balaban J connectivity index is 1.21. The van der Waals surface area contributed by atoms with Crippen molar-refractivity contribution in [1.29, 1.82) is 0 Å². The maximum absolute atomic E-state index is 12.2. The van der Waals surface area contributed by atoms with Crippen LogP contribution in [-0.4, -0.2) is 81.2 Å². The van der Waals surface area contributed by atoms with E-state index in [9.17, 15) is 4.79 Å². The zero-order valence-electron chi connectivity index (χ0n) is 27.8. The molecule has 2 saturated heterocycles. The van der Waals surface area contributed by atoms with Crippen molar-refractivity contribution in [1.82, 2.24) is 25.1 Å². The van der Waals surface area contributed by atoms with Crippen LogP contribution in [0.1, 0.15) is 67.1 Å². The number of aliphatic hydroxyl groups is 1. The molecule has 46 heavy (non-hydrogen) atoms. The molecule has 1 unspecified atom stereocenters. The van der Waals surface area contributed by atoms with Gasteiger partial charge >= 0.3 is 0 Å². The van der Waals surface area contributed by atoms with E-state index >= 15 is 0 Å². The second kappa shape index (κ2) is 15.2. The van der Waals surface area contributed by atoms with Crippen LogP contribution in [0.15, 0.2) is 67.5 Å². The Morgan fingerprint density at radius 2 is 1.65 bits per heavy atom. The van der Waals surface area contributed by atoms with E-state index in [1.165, 1.54) is 11.3 Å². The molecule has 0 radical (unpaired) electrons. The van der Waals surface area contributed by atoms with Gasteiger partial charge in [-0.05, 0) is 76.1 Å². The highest BCUT2D eigenvalue weighted by atomic mass is 16.3. The number of aliphatic hydroxyl groups excluding tert-OH is 1. The van der Waals surface area contributed by atoms with Crippen LogP contribution < -0.4 is 16.0 Å². The highest BCUT2D eigenvalue weighted by Gasteiger charge is 2.39. The molecule has 2 aliphatic heterocycles. The maximum Gasteiger partial charge on any atom is 0.237 e. The first-order valence-corrected chi connectivity index (χ1v) is 16.7. The van der Waals surface area contributed by atoms with E-state index < -0.39 is 6.04 Å². The number of rotatable bonds is 12. The molecule has 9 nitrogen and oxygen atoms in total. The van der Waals surface area contributed by atoms with Gasteiger partial charge in [0.2, 0.25) is 5.91 Å². The summed E-state index contributed by atoms with van der Waals surface area (Å²) >= 11 is 0. The van der Waals surface area contributed by atoms with Crippen molar-refractivity contribution in [3.63, 3.8) is 0 Å². The summed E-state index contributed by atoms with van der Waals surface area (Å²) in [6.07, 6.45) is 6.33. The molecule has 3 heterocycles. The molecule has 1 atom stereocenters. The summed E-state index contributed by atoms with van der Waals surface area (Å²) in [6, 6.07) is 19.0. The second-order valence-electron chi connectivity index (χ2n) is 13.2. The van der Waals surface area contributed by atoms with E-state index in [0.29, 0.717) is 12.6 Å². The molecule has 2 aliphatic rings. The zero-order chi connectivity index (χ0) is 32.7. The number of hydrogen-bond acceptors (Lipinski definition) is 8. The Bertz CT molecular complexity index is 1430. The highest BCUT2D eigenvalue weighted by molar-refractivity contribution is 5.81. The summed E-state index contributed by atoms with van der Waals surface area (Å²) in [5.74, 6) is -0.240. The van der Waals surface area contributed by atoms with Gasteiger partial charge in [-0.15, -0.1) is 0 Å². The van der Waals surface area contributed by atoms with Crippen LogP contribution in [0.2, 0.25) is 0 Å². The Labute approximate surface area is 274 Å². The first kappa shape index (κ1) is 33.6. The highest BCUT2D eigenvalue weighted by Crippen LogP contribution is 2.36. The van der Waals surface area contributed by atoms with Gasteiger partial charge in [-0.3, -0.25) is 9.69 Å². The summed E-state index contributed by atoms with van der Waals surface area (Å²) in [7, 11) is 0. The minimum Gasteiger partial charge on any atom is -0.396 e. The van der Waals surface area contributed by atoms with Crippen LogP contribution in [0, 0.1) is 13.8 Å². The average molecular weight is 626 g/mol. The summed E-state index contributed by atoms with van der Waals surface area (Å²) in [5.41, 5.74) is 13.7. The number of carbonyl (C=O) groups excluding carboxylic acids is 1. The number of piperidine rings is 2. The van der Waals surface area contributed by atoms with Gasteiger partial charge in [-0.25, -0.2) is 9.97 Å². The number of nitrogens with zero attached hydrogens (tertiary/aromatic N) is 5. The molecule has 9 heteroatoms. The second-order valence-corrected chi connectivity index (χ2v) is 13.2. The minimum absolute atomic E-state index is 0.0993. The predicted octanol–water partition coefficient (Wildman–Crippen LogP) is 4.42. The molecule has 2 aromatic carbocycles. The molecular formula is C37H51N7O2. The third-order valence-corrected chi connectivity index (χ3v) is 10.1. The average Bonchev–Trinajstić information content (AvgIpc) is 3.07. The molecule has 0 bridgehead atoms. The van der Waals surface area contributed by atoms with Crippen LogP contribution >= 0.6 is 0 Å². The summed E-state index contributed by atoms with van der Waals surface area (Å²) < 4.78 is 0. The number of aryl methyl sites for hydroxylation is 2. The number of aromatic nitrogens is 2. The molecule has 5 rings (SSSR count). The first-order chi connectivity index (χ1) is 22.2. The van der Waals surface area contributed by atoms with Crippen LogP contribution in [0.3, 0.4) is 0 Å².